The highest BCUT2D eigenvalue weighted by Crippen LogP contribution is 2.44. The van der Waals surface area contributed by atoms with Crippen LogP contribution in [-0.4, -0.2) is 33.5 Å². The quantitative estimate of drug-likeness (QED) is 0.671. The summed E-state index contributed by atoms with van der Waals surface area (Å²) in [5.41, 5.74) is 0.343. The maximum Gasteiger partial charge on any atom is 0.264 e. The predicted octanol–water partition coefficient (Wildman–Crippen LogP) is 3.72. The van der Waals surface area contributed by atoms with Gasteiger partial charge >= 0.3 is 0 Å². The first-order chi connectivity index (χ1) is 14.9. The van der Waals surface area contributed by atoms with Crippen molar-refractivity contribution < 1.29 is 22.3 Å². The summed E-state index contributed by atoms with van der Waals surface area (Å²) in [7, 11) is -4.07. The molecule has 2 fully saturated rings. The highest BCUT2D eigenvalue weighted by atomic mass is 32.2. The van der Waals surface area contributed by atoms with E-state index in [1.54, 1.807) is 24.3 Å². The van der Waals surface area contributed by atoms with Crippen LogP contribution in [0.15, 0.2) is 53.4 Å². The largest absolute Gasteiger partial charge is 0.494 e. The Morgan fingerprint density at radius 1 is 1.10 bits per heavy atom. The molecule has 8 heteroatoms. The van der Waals surface area contributed by atoms with Crippen LogP contribution in [0.5, 0.6) is 5.75 Å². The molecule has 0 unspecified atom stereocenters. The van der Waals surface area contributed by atoms with Crippen molar-refractivity contribution in [1.82, 2.24) is 5.32 Å². The highest BCUT2D eigenvalue weighted by Gasteiger charge is 2.40. The molecule has 1 amide bonds. The molecule has 2 aromatic carbocycles. The van der Waals surface area contributed by atoms with Gasteiger partial charge in [-0.3, -0.25) is 9.10 Å². The van der Waals surface area contributed by atoms with Crippen LogP contribution in [0.1, 0.15) is 32.6 Å². The van der Waals surface area contributed by atoms with Crippen molar-refractivity contribution in [2.45, 2.75) is 43.5 Å². The van der Waals surface area contributed by atoms with Crippen molar-refractivity contribution in [3.8, 4) is 5.75 Å². The lowest BCUT2D eigenvalue weighted by Crippen LogP contribution is -2.46. The molecule has 0 aromatic heterocycles. The van der Waals surface area contributed by atoms with Gasteiger partial charge in [0.2, 0.25) is 5.91 Å². The standard InChI is InChI=1S/C23H27FN2O4S/c1-2-30-20-9-7-19(8-10-20)26(31(28,29)21-11-5-18(24)6-12-21)15-23(27)25-22-14-16-3-4-17(22)13-16/h5-12,16-17,22H,2-4,13-15H2,1H3,(H,25,27)/t16-,17-,22+/m1/s1. The van der Waals surface area contributed by atoms with Crippen LogP contribution in [-0.2, 0) is 14.8 Å². The summed E-state index contributed by atoms with van der Waals surface area (Å²) in [5, 5.41) is 3.05. The molecule has 4 rings (SSSR count). The van der Waals surface area contributed by atoms with Crippen LogP contribution in [0.2, 0.25) is 0 Å². The third-order valence-corrected chi connectivity index (χ3v) is 8.00. The summed E-state index contributed by atoms with van der Waals surface area (Å²) in [6.07, 6.45) is 4.44. The van der Waals surface area contributed by atoms with Crippen LogP contribution < -0.4 is 14.4 Å². The topological polar surface area (TPSA) is 75.7 Å². The lowest BCUT2D eigenvalue weighted by Gasteiger charge is -2.27. The van der Waals surface area contributed by atoms with E-state index in [1.807, 2.05) is 6.92 Å². The smallest absolute Gasteiger partial charge is 0.264 e. The number of hydrogen-bond acceptors (Lipinski definition) is 4. The molecule has 31 heavy (non-hydrogen) atoms. The summed E-state index contributed by atoms with van der Waals surface area (Å²) < 4.78 is 46.5. The van der Waals surface area contributed by atoms with Crippen LogP contribution in [0, 0.1) is 17.7 Å². The highest BCUT2D eigenvalue weighted by molar-refractivity contribution is 7.92. The van der Waals surface area contributed by atoms with E-state index in [0.717, 1.165) is 35.7 Å². The number of rotatable bonds is 8. The first kappa shape index (κ1) is 21.6. The fourth-order valence-electron chi connectivity index (χ4n) is 4.73. The van der Waals surface area contributed by atoms with Crippen LogP contribution in [0.25, 0.3) is 0 Å². The Hall–Kier alpha value is -2.61. The van der Waals surface area contributed by atoms with Gasteiger partial charge in [0.15, 0.2) is 0 Å². The monoisotopic (exact) mass is 446 g/mol. The van der Waals surface area contributed by atoms with Gasteiger partial charge in [-0.1, -0.05) is 6.42 Å². The van der Waals surface area contributed by atoms with Crippen molar-refractivity contribution in [2.75, 3.05) is 17.5 Å². The molecule has 1 N–H and O–H groups in total. The molecule has 0 saturated heterocycles. The Labute approximate surface area is 182 Å². The van der Waals surface area contributed by atoms with Gasteiger partial charge in [0.05, 0.1) is 17.2 Å². The van der Waals surface area contributed by atoms with Gasteiger partial charge in [0, 0.05) is 6.04 Å². The van der Waals surface area contributed by atoms with Gasteiger partial charge < -0.3 is 10.1 Å². The molecule has 2 aromatic rings. The average Bonchev–Trinajstić information content (AvgIpc) is 3.36. The molecular formula is C23H27FN2O4S. The van der Waals surface area contributed by atoms with Crippen LogP contribution in [0.3, 0.4) is 0 Å². The zero-order valence-corrected chi connectivity index (χ0v) is 18.3. The van der Waals surface area contributed by atoms with Gasteiger partial charge in [-0.15, -0.1) is 0 Å². The first-order valence-electron chi connectivity index (χ1n) is 10.7. The molecule has 0 heterocycles. The van der Waals surface area contributed by atoms with Crippen molar-refractivity contribution in [3.63, 3.8) is 0 Å². The van der Waals surface area contributed by atoms with Gasteiger partial charge in [0.1, 0.15) is 18.1 Å². The van der Waals surface area contributed by atoms with Crippen LogP contribution in [0.4, 0.5) is 10.1 Å². The lowest BCUT2D eigenvalue weighted by molar-refractivity contribution is -0.120. The van der Waals surface area contributed by atoms with Crippen LogP contribution >= 0.6 is 0 Å². The van der Waals surface area contributed by atoms with Gasteiger partial charge in [0.25, 0.3) is 10.0 Å². The SMILES string of the molecule is CCOc1ccc(N(CC(=O)N[C@H]2C[C@@H]3CC[C@@H]2C3)S(=O)(=O)c2ccc(F)cc2)cc1. The molecule has 6 nitrogen and oxygen atoms in total. The number of sulfonamides is 1. The van der Waals surface area contributed by atoms with E-state index in [1.165, 1.54) is 18.6 Å². The molecule has 2 bridgehead atoms. The van der Waals surface area contributed by atoms with E-state index >= 15 is 0 Å². The summed E-state index contributed by atoms with van der Waals surface area (Å²) in [4.78, 5) is 12.8. The molecule has 2 saturated carbocycles. The maximum atomic E-state index is 13.3. The summed E-state index contributed by atoms with van der Waals surface area (Å²) in [6, 6.07) is 11.3. The maximum absolute atomic E-state index is 13.3. The second kappa shape index (κ2) is 8.86. The third kappa shape index (κ3) is 4.69. The number of benzene rings is 2. The molecule has 3 atom stereocenters. The van der Waals surface area contributed by atoms with E-state index in [9.17, 15) is 17.6 Å². The summed E-state index contributed by atoms with van der Waals surface area (Å²) in [5.74, 6) is 0.900. The molecule has 2 aliphatic carbocycles. The number of ether oxygens (including phenoxy) is 1. The molecule has 0 spiro atoms. The fourth-order valence-corrected chi connectivity index (χ4v) is 6.15. The zero-order chi connectivity index (χ0) is 22.0. The molecule has 0 aliphatic heterocycles. The number of hydrogen-bond donors (Lipinski definition) is 1. The number of carbonyl (C=O) groups is 1. The number of nitrogens with zero attached hydrogens (tertiary/aromatic N) is 1. The second-order valence-electron chi connectivity index (χ2n) is 8.24. The normalized spacial score (nSPS) is 22.3. The predicted molar refractivity (Wildman–Crippen MR) is 116 cm³/mol. The molecule has 166 valence electrons. The van der Waals surface area contributed by atoms with Gasteiger partial charge in [-0.25, -0.2) is 12.8 Å². The minimum Gasteiger partial charge on any atom is -0.494 e. The average molecular weight is 447 g/mol. The van der Waals surface area contributed by atoms with E-state index in [4.69, 9.17) is 4.74 Å². The Bertz CT molecular complexity index is 1020. The molecule has 2 aliphatic rings. The Morgan fingerprint density at radius 2 is 1.81 bits per heavy atom. The number of amides is 1. The number of anilines is 1. The summed E-state index contributed by atoms with van der Waals surface area (Å²) in [6.45, 7) is 2.00. The fraction of sp³-hybridized carbons (Fsp3) is 0.435. The molecule has 0 radical (unpaired) electrons. The zero-order valence-electron chi connectivity index (χ0n) is 17.5. The Balaban J connectivity index is 1.58. The van der Waals surface area contributed by atoms with E-state index < -0.39 is 15.8 Å². The third-order valence-electron chi connectivity index (χ3n) is 6.21. The van der Waals surface area contributed by atoms with E-state index in [-0.39, 0.29) is 23.4 Å². The number of nitrogens with one attached hydrogen (secondary N) is 1. The van der Waals surface area contributed by atoms with Crippen molar-refractivity contribution in [2.24, 2.45) is 11.8 Å². The number of carbonyl (C=O) groups excluding carboxylic acids is 1. The summed E-state index contributed by atoms with van der Waals surface area (Å²) >= 11 is 0. The van der Waals surface area contributed by atoms with Gasteiger partial charge in [-0.2, -0.15) is 0 Å². The van der Waals surface area contributed by atoms with Crippen molar-refractivity contribution in [1.29, 1.82) is 0 Å². The second-order valence-corrected chi connectivity index (χ2v) is 10.1. The Kier molecular flexibility index (Phi) is 6.18. The van der Waals surface area contributed by atoms with Crippen molar-refractivity contribution in [3.05, 3.63) is 54.3 Å². The lowest BCUT2D eigenvalue weighted by atomic mass is 9.95. The minimum absolute atomic E-state index is 0.0736. The minimum atomic E-state index is -4.07. The van der Waals surface area contributed by atoms with E-state index in [0.29, 0.717) is 29.9 Å². The van der Waals surface area contributed by atoms with E-state index in [2.05, 4.69) is 5.32 Å². The number of fused-ring (bicyclic) bond motifs is 2. The number of halogens is 1. The van der Waals surface area contributed by atoms with Gasteiger partial charge in [-0.05, 0) is 86.6 Å². The molecular weight excluding hydrogens is 419 g/mol. The Morgan fingerprint density at radius 3 is 2.39 bits per heavy atom. The first-order valence-corrected chi connectivity index (χ1v) is 12.1. The van der Waals surface area contributed by atoms with Crippen molar-refractivity contribution >= 4 is 21.6 Å².